The maximum Gasteiger partial charge on any atom is 0.207 e. The number of amides is 2. The van der Waals surface area contributed by atoms with Gasteiger partial charge in [0, 0.05) is 13.1 Å². The molecule has 0 spiro atoms. The average Bonchev–Trinajstić information content (AvgIpc) is 2.51. The van der Waals surface area contributed by atoms with Gasteiger partial charge in [0.1, 0.15) is 0 Å². The van der Waals surface area contributed by atoms with E-state index in [1.165, 1.54) is 0 Å². The summed E-state index contributed by atoms with van der Waals surface area (Å²) in [6.45, 7) is 5.56. The number of likely N-dealkylation sites (tertiary alicyclic amines) is 1. The smallest absolute Gasteiger partial charge is 0.207 e. The Morgan fingerprint density at radius 1 is 1.07 bits per heavy atom. The Hall–Kier alpha value is -1.10. The summed E-state index contributed by atoms with van der Waals surface area (Å²) in [6, 6.07) is 0.0791. The summed E-state index contributed by atoms with van der Waals surface area (Å²) in [5.74, 6) is 0. The van der Waals surface area contributed by atoms with Crippen LogP contribution in [0, 0.1) is 0 Å². The molecule has 1 fully saturated rings. The lowest BCUT2D eigenvalue weighted by Gasteiger charge is -2.15. The highest BCUT2D eigenvalue weighted by atomic mass is 16.1. The van der Waals surface area contributed by atoms with Crippen molar-refractivity contribution in [3.63, 3.8) is 0 Å². The second-order valence-corrected chi connectivity index (χ2v) is 3.00. The quantitative estimate of drug-likeness (QED) is 0.585. The van der Waals surface area contributed by atoms with Crippen LogP contribution in [-0.4, -0.2) is 49.9 Å². The van der Waals surface area contributed by atoms with Crippen molar-refractivity contribution in [1.29, 1.82) is 0 Å². The van der Waals surface area contributed by atoms with E-state index in [9.17, 15) is 9.59 Å². The SMILES string of the molecule is CC.CN1CC(NC=O)C(NC=O)C1. The molecule has 0 bridgehead atoms. The van der Waals surface area contributed by atoms with E-state index in [0.29, 0.717) is 12.8 Å². The van der Waals surface area contributed by atoms with Gasteiger partial charge >= 0.3 is 0 Å². The molecule has 0 aromatic heterocycles. The van der Waals surface area contributed by atoms with Crippen molar-refractivity contribution in [3.05, 3.63) is 0 Å². The van der Waals surface area contributed by atoms with Gasteiger partial charge in [0.2, 0.25) is 12.8 Å². The molecular formula is C9H19N3O2. The first-order chi connectivity index (χ1) is 6.77. The van der Waals surface area contributed by atoms with E-state index >= 15 is 0 Å². The summed E-state index contributed by atoms with van der Waals surface area (Å²) in [4.78, 5) is 22.4. The maximum absolute atomic E-state index is 10.2. The number of carbonyl (C=O) groups excluding carboxylic acids is 2. The van der Waals surface area contributed by atoms with Crippen LogP contribution in [0.1, 0.15) is 13.8 Å². The lowest BCUT2D eigenvalue weighted by Crippen LogP contribution is -2.46. The molecule has 2 N–H and O–H groups in total. The average molecular weight is 201 g/mol. The van der Waals surface area contributed by atoms with Crippen LogP contribution in [0.15, 0.2) is 0 Å². The van der Waals surface area contributed by atoms with Gasteiger partial charge in [-0.05, 0) is 7.05 Å². The third-order valence-electron chi connectivity index (χ3n) is 2.07. The summed E-state index contributed by atoms with van der Waals surface area (Å²) >= 11 is 0. The second kappa shape index (κ2) is 7.32. The normalized spacial score (nSPS) is 25.9. The van der Waals surface area contributed by atoms with Gasteiger partial charge in [0.05, 0.1) is 12.1 Å². The van der Waals surface area contributed by atoms with Crippen LogP contribution in [-0.2, 0) is 9.59 Å². The number of nitrogens with one attached hydrogen (secondary N) is 2. The lowest BCUT2D eigenvalue weighted by atomic mass is 10.2. The van der Waals surface area contributed by atoms with E-state index < -0.39 is 0 Å². The van der Waals surface area contributed by atoms with Gasteiger partial charge in [0.15, 0.2) is 0 Å². The molecule has 0 saturated carbocycles. The Bertz CT molecular complexity index is 157. The molecule has 82 valence electrons. The fraction of sp³-hybridized carbons (Fsp3) is 0.778. The monoisotopic (exact) mass is 201 g/mol. The van der Waals surface area contributed by atoms with Gasteiger partial charge in [0.25, 0.3) is 0 Å². The first kappa shape index (κ1) is 12.9. The molecular weight excluding hydrogens is 182 g/mol. The van der Waals surface area contributed by atoms with Crippen LogP contribution >= 0.6 is 0 Å². The van der Waals surface area contributed by atoms with Crippen LogP contribution in [0.2, 0.25) is 0 Å². The van der Waals surface area contributed by atoms with Crippen molar-refractivity contribution in [2.45, 2.75) is 25.9 Å². The molecule has 0 radical (unpaired) electrons. The molecule has 0 aromatic rings. The fourth-order valence-electron chi connectivity index (χ4n) is 1.51. The van der Waals surface area contributed by atoms with Crippen LogP contribution in [0.25, 0.3) is 0 Å². The molecule has 0 aliphatic carbocycles. The highest BCUT2D eigenvalue weighted by molar-refractivity contribution is 5.50. The summed E-state index contributed by atoms with van der Waals surface area (Å²) < 4.78 is 0. The molecule has 1 aliphatic heterocycles. The first-order valence-electron chi connectivity index (χ1n) is 4.86. The predicted molar refractivity (Wildman–Crippen MR) is 54.8 cm³/mol. The fourth-order valence-corrected chi connectivity index (χ4v) is 1.51. The Morgan fingerprint density at radius 3 is 1.71 bits per heavy atom. The van der Waals surface area contributed by atoms with Gasteiger partial charge in [-0.2, -0.15) is 0 Å². The zero-order chi connectivity index (χ0) is 11.0. The minimum absolute atomic E-state index is 0.0395. The zero-order valence-electron chi connectivity index (χ0n) is 8.99. The Labute approximate surface area is 84.8 Å². The lowest BCUT2D eigenvalue weighted by molar-refractivity contribution is -0.112. The number of rotatable bonds is 4. The number of hydrogen-bond acceptors (Lipinski definition) is 3. The highest BCUT2D eigenvalue weighted by Crippen LogP contribution is 2.06. The molecule has 5 heteroatoms. The van der Waals surface area contributed by atoms with Gasteiger partial charge in [-0.25, -0.2) is 0 Å². The minimum Gasteiger partial charge on any atom is -0.353 e. The van der Waals surface area contributed by atoms with E-state index in [1.54, 1.807) is 0 Å². The van der Waals surface area contributed by atoms with Crippen molar-refractivity contribution in [2.24, 2.45) is 0 Å². The second-order valence-electron chi connectivity index (χ2n) is 3.00. The van der Waals surface area contributed by atoms with Gasteiger partial charge < -0.3 is 15.5 Å². The first-order valence-corrected chi connectivity index (χ1v) is 4.86. The number of likely N-dealkylation sites (N-methyl/N-ethyl adjacent to an activating group) is 1. The van der Waals surface area contributed by atoms with Gasteiger partial charge in [-0.3, -0.25) is 9.59 Å². The summed E-state index contributed by atoms with van der Waals surface area (Å²) in [5, 5.41) is 5.33. The Kier molecular flexibility index (Phi) is 6.74. The van der Waals surface area contributed by atoms with Crippen LogP contribution in [0.4, 0.5) is 0 Å². The summed E-state index contributed by atoms with van der Waals surface area (Å²) in [7, 11) is 1.95. The molecule has 0 aromatic carbocycles. The Balaban J connectivity index is 0.000000791. The molecule has 1 saturated heterocycles. The van der Waals surface area contributed by atoms with Crippen molar-refractivity contribution in [1.82, 2.24) is 15.5 Å². The standard InChI is InChI=1S/C7H13N3O2.C2H6/c1-10-2-6(8-4-11)7(3-10)9-5-12;1-2/h4-7H,2-3H2,1H3,(H,8,11)(H,9,12);1-2H3. The largest absolute Gasteiger partial charge is 0.353 e. The van der Waals surface area contributed by atoms with Gasteiger partial charge in [-0.15, -0.1) is 0 Å². The van der Waals surface area contributed by atoms with E-state index in [2.05, 4.69) is 15.5 Å². The number of carbonyl (C=O) groups is 2. The summed E-state index contributed by atoms with van der Waals surface area (Å²) in [6.07, 6.45) is 1.34. The maximum atomic E-state index is 10.2. The number of nitrogens with zero attached hydrogens (tertiary/aromatic N) is 1. The topological polar surface area (TPSA) is 61.4 Å². The molecule has 1 aliphatic rings. The van der Waals surface area contributed by atoms with Crippen LogP contribution < -0.4 is 10.6 Å². The third-order valence-corrected chi connectivity index (χ3v) is 2.07. The van der Waals surface area contributed by atoms with E-state index in [0.717, 1.165) is 13.1 Å². The van der Waals surface area contributed by atoms with Crippen molar-refractivity contribution >= 4 is 12.8 Å². The highest BCUT2D eigenvalue weighted by Gasteiger charge is 2.29. The molecule has 2 amide bonds. The number of hydrogen-bond donors (Lipinski definition) is 2. The summed E-state index contributed by atoms with van der Waals surface area (Å²) in [5.41, 5.74) is 0. The van der Waals surface area contributed by atoms with Crippen molar-refractivity contribution in [2.75, 3.05) is 20.1 Å². The van der Waals surface area contributed by atoms with E-state index in [4.69, 9.17) is 0 Å². The molecule has 2 atom stereocenters. The van der Waals surface area contributed by atoms with Crippen LogP contribution in [0.5, 0.6) is 0 Å². The van der Waals surface area contributed by atoms with E-state index in [1.807, 2.05) is 20.9 Å². The molecule has 1 rings (SSSR count). The molecule has 5 nitrogen and oxygen atoms in total. The predicted octanol–water partition coefficient (Wildman–Crippen LogP) is -0.813. The third kappa shape index (κ3) is 3.74. The van der Waals surface area contributed by atoms with Crippen molar-refractivity contribution < 1.29 is 9.59 Å². The van der Waals surface area contributed by atoms with Gasteiger partial charge in [-0.1, -0.05) is 13.8 Å². The zero-order valence-corrected chi connectivity index (χ0v) is 8.99. The van der Waals surface area contributed by atoms with E-state index in [-0.39, 0.29) is 12.1 Å². The molecule has 2 unspecified atom stereocenters. The molecule has 14 heavy (non-hydrogen) atoms. The van der Waals surface area contributed by atoms with Crippen molar-refractivity contribution in [3.8, 4) is 0 Å². The molecule has 1 heterocycles. The Morgan fingerprint density at radius 2 is 1.43 bits per heavy atom. The van der Waals surface area contributed by atoms with Crippen LogP contribution in [0.3, 0.4) is 0 Å². The minimum atomic E-state index is 0.0395.